The number of rotatable bonds is 4. The molecule has 49 heavy (non-hydrogen) atoms. The van der Waals surface area contributed by atoms with Crippen LogP contribution in [0.25, 0.3) is 98.8 Å². The molecule has 10 rings (SSSR count). The van der Waals surface area contributed by atoms with Crippen molar-refractivity contribution in [3.8, 4) is 44.5 Å². The second-order valence-electron chi connectivity index (χ2n) is 12.9. The largest absolute Gasteiger partial charge is 0.456 e. The van der Waals surface area contributed by atoms with Crippen LogP contribution >= 0.6 is 0 Å². The summed E-state index contributed by atoms with van der Waals surface area (Å²) >= 11 is 0. The lowest BCUT2D eigenvalue weighted by Gasteiger charge is -2.18. The van der Waals surface area contributed by atoms with Gasteiger partial charge in [-0.15, -0.1) is 0 Å². The molecule has 0 amide bonds. The van der Waals surface area contributed by atoms with Crippen molar-refractivity contribution in [3.05, 3.63) is 182 Å². The molecule has 0 unspecified atom stereocenters. The molecule has 228 valence electrons. The Kier molecular flexibility index (Phi) is 6.25. The van der Waals surface area contributed by atoms with E-state index in [4.69, 9.17) is 4.42 Å². The van der Waals surface area contributed by atoms with Gasteiger partial charge in [0.05, 0.1) is 0 Å². The summed E-state index contributed by atoms with van der Waals surface area (Å²) in [6, 6.07) is 65.8. The quantitative estimate of drug-likeness (QED) is 0.178. The molecule has 9 aromatic carbocycles. The van der Waals surface area contributed by atoms with Crippen LogP contribution in [0.5, 0.6) is 0 Å². The van der Waals surface area contributed by atoms with E-state index in [2.05, 4.69) is 182 Å². The Morgan fingerprint density at radius 1 is 0.245 bits per heavy atom. The van der Waals surface area contributed by atoms with Crippen LogP contribution in [0.4, 0.5) is 0 Å². The molecule has 1 heteroatoms. The van der Waals surface area contributed by atoms with Crippen LogP contribution in [0.3, 0.4) is 0 Å². The van der Waals surface area contributed by atoms with Gasteiger partial charge >= 0.3 is 0 Å². The highest BCUT2D eigenvalue weighted by Gasteiger charge is 2.18. The maximum Gasteiger partial charge on any atom is 0.135 e. The predicted molar refractivity (Wildman–Crippen MR) is 208 cm³/mol. The summed E-state index contributed by atoms with van der Waals surface area (Å²) in [4.78, 5) is 0. The minimum Gasteiger partial charge on any atom is -0.456 e. The maximum absolute atomic E-state index is 6.35. The summed E-state index contributed by atoms with van der Waals surface area (Å²) in [6.07, 6.45) is 0. The minimum atomic E-state index is 0.903. The van der Waals surface area contributed by atoms with E-state index in [1.54, 1.807) is 0 Å². The molecule has 1 aromatic heterocycles. The van der Waals surface area contributed by atoms with E-state index in [0.29, 0.717) is 0 Å². The Balaban J connectivity index is 1.15. The van der Waals surface area contributed by atoms with E-state index < -0.39 is 0 Å². The third-order valence-corrected chi connectivity index (χ3v) is 10.1. The Bertz CT molecular complexity index is 2800. The normalized spacial score (nSPS) is 11.7. The summed E-state index contributed by atoms with van der Waals surface area (Å²) in [7, 11) is 0. The summed E-state index contributed by atoms with van der Waals surface area (Å²) in [6.45, 7) is 0. The topological polar surface area (TPSA) is 13.1 Å². The molecular formula is C48H30O. The molecule has 1 heterocycles. The molecule has 0 saturated carbocycles. The summed E-state index contributed by atoms with van der Waals surface area (Å²) < 4.78 is 6.35. The monoisotopic (exact) mass is 622 g/mol. The van der Waals surface area contributed by atoms with Crippen LogP contribution in [0.1, 0.15) is 0 Å². The zero-order chi connectivity index (χ0) is 32.3. The smallest absolute Gasteiger partial charge is 0.135 e. The van der Waals surface area contributed by atoms with Crippen LogP contribution in [0.15, 0.2) is 186 Å². The van der Waals surface area contributed by atoms with Gasteiger partial charge in [-0.05, 0) is 107 Å². The Hall–Kier alpha value is -6.44. The maximum atomic E-state index is 6.35. The lowest BCUT2D eigenvalue weighted by molar-refractivity contribution is 0.669. The predicted octanol–water partition coefficient (Wildman–Crippen LogP) is 13.7. The van der Waals surface area contributed by atoms with Crippen LogP contribution in [0, 0.1) is 0 Å². The highest BCUT2D eigenvalue weighted by atomic mass is 16.3. The van der Waals surface area contributed by atoms with Crippen LogP contribution in [-0.2, 0) is 0 Å². The van der Waals surface area contributed by atoms with Gasteiger partial charge in [0.2, 0.25) is 0 Å². The second kappa shape index (κ2) is 11.1. The van der Waals surface area contributed by atoms with E-state index in [1.807, 2.05) is 0 Å². The number of fused-ring (bicyclic) bond motifs is 6. The average Bonchev–Trinajstić information content (AvgIpc) is 3.54. The molecule has 0 atom stereocenters. The first-order valence-electron chi connectivity index (χ1n) is 16.8. The molecule has 0 N–H and O–H groups in total. The fraction of sp³-hybridized carbons (Fsp3) is 0. The highest BCUT2D eigenvalue weighted by Crippen LogP contribution is 2.45. The van der Waals surface area contributed by atoms with Crippen molar-refractivity contribution in [2.24, 2.45) is 0 Å². The number of furan rings is 1. The molecular weight excluding hydrogens is 593 g/mol. The molecule has 10 aromatic rings. The fourth-order valence-electron chi connectivity index (χ4n) is 7.69. The van der Waals surface area contributed by atoms with Gasteiger partial charge in [-0.1, -0.05) is 152 Å². The van der Waals surface area contributed by atoms with E-state index in [9.17, 15) is 0 Å². The summed E-state index contributed by atoms with van der Waals surface area (Å²) in [5, 5.41) is 9.77. The van der Waals surface area contributed by atoms with E-state index in [1.165, 1.54) is 76.8 Å². The molecule has 1 nitrogen and oxygen atoms in total. The van der Waals surface area contributed by atoms with E-state index in [-0.39, 0.29) is 0 Å². The lowest BCUT2D eigenvalue weighted by Crippen LogP contribution is -1.91. The molecule has 0 aliphatic rings. The summed E-state index contributed by atoms with van der Waals surface area (Å²) in [5.74, 6) is 0. The van der Waals surface area contributed by atoms with E-state index >= 15 is 0 Å². The number of hydrogen-bond acceptors (Lipinski definition) is 1. The molecule has 0 radical (unpaired) electrons. The van der Waals surface area contributed by atoms with E-state index in [0.717, 1.165) is 21.9 Å². The van der Waals surface area contributed by atoms with Gasteiger partial charge in [0.1, 0.15) is 11.2 Å². The number of hydrogen-bond donors (Lipinski definition) is 0. The average molecular weight is 623 g/mol. The van der Waals surface area contributed by atoms with Crippen molar-refractivity contribution in [2.75, 3.05) is 0 Å². The first-order chi connectivity index (χ1) is 24.3. The van der Waals surface area contributed by atoms with Crippen molar-refractivity contribution in [1.82, 2.24) is 0 Å². The Labute approximate surface area is 284 Å². The first kappa shape index (κ1) is 27.7. The third kappa shape index (κ3) is 4.55. The molecule has 0 fully saturated rings. The fourth-order valence-corrected chi connectivity index (χ4v) is 7.69. The molecule has 0 saturated heterocycles. The van der Waals surface area contributed by atoms with Crippen molar-refractivity contribution in [2.45, 2.75) is 0 Å². The van der Waals surface area contributed by atoms with Gasteiger partial charge in [0.15, 0.2) is 0 Å². The van der Waals surface area contributed by atoms with Crippen molar-refractivity contribution >= 4 is 54.3 Å². The van der Waals surface area contributed by atoms with Gasteiger partial charge in [-0.2, -0.15) is 0 Å². The standard InChI is InChI=1S/C48H30O/c1-2-10-31(11-3-1)37-24-26-45-43(29-37)44-30-38(25-27-46(44)49-45)48-41-16-8-6-14-39(41)47(40-15-7-9-17-42(40)48)34-21-18-33(19-22-34)36-23-20-32-12-4-5-13-35(32)28-36/h1-30H. The SMILES string of the molecule is c1ccc(-c2ccc3oc4ccc(-c5c6ccccc6c(-c6ccc(-c7ccc8ccccc8c7)cc6)c6ccccc56)cc4c3c2)cc1. The first-order valence-corrected chi connectivity index (χ1v) is 16.8. The van der Waals surface area contributed by atoms with Gasteiger partial charge < -0.3 is 4.42 Å². The van der Waals surface area contributed by atoms with Gasteiger partial charge in [-0.25, -0.2) is 0 Å². The second-order valence-corrected chi connectivity index (χ2v) is 12.9. The zero-order valence-electron chi connectivity index (χ0n) is 26.7. The van der Waals surface area contributed by atoms with Crippen molar-refractivity contribution in [3.63, 3.8) is 0 Å². The van der Waals surface area contributed by atoms with Crippen LogP contribution in [-0.4, -0.2) is 0 Å². The molecule has 0 spiro atoms. The van der Waals surface area contributed by atoms with Crippen molar-refractivity contribution in [1.29, 1.82) is 0 Å². The minimum absolute atomic E-state index is 0.903. The molecule has 0 aliphatic heterocycles. The third-order valence-electron chi connectivity index (χ3n) is 10.1. The van der Waals surface area contributed by atoms with Gasteiger partial charge in [0.25, 0.3) is 0 Å². The Morgan fingerprint density at radius 2 is 0.673 bits per heavy atom. The van der Waals surface area contributed by atoms with Crippen molar-refractivity contribution < 1.29 is 4.42 Å². The van der Waals surface area contributed by atoms with Crippen LogP contribution < -0.4 is 0 Å². The molecule has 0 bridgehead atoms. The summed E-state index contributed by atoms with van der Waals surface area (Å²) in [5.41, 5.74) is 11.6. The Morgan fingerprint density at radius 3 is 1.33 bits per heavy atom. The number of benzene rings is 9. The zero-order valence-corrected chi connectivity index (χ0v) is 26.7. The highest BCUT2D eigenvalue weighted by molar-refractivity contribution is 6.22. The van der Waals surface area contributed by atoms with Gasteiger partial charge in [0, 0.05) is 10.8 Å². The van der Waals surface area contributed by atoms with Gasteiger partial charge in [-0.3, -0.25) is 0 Å². The molecule has 0 aliphatic carbocycles. The lowest BCUT2D eigenvalue weighted by atomic mass is 9.85. The van der Waals surface area contributed by atoms with Crippen LogP contribution in [0.2, 0.25) is 0 Å².